The average Bonchev–Trinajstić information content (AvgIpc) is 2.59. The molecule has 5 heteroatoms. The molecule has 2 heterocycles. The van der Waals surface area contributed by atoms with Crippen molar-refractivity contribution in [2.45, 2.75) is 25.5 Å². The highest BCUT2D eigenvalue weighted by Crippen LogP contribution is 2.25. The number of amides is 1. The SMILES string of the molecule is O=C(OCc1ccccc1)N1CCN2C[C@@H](CO)CC[C@H]2C1. The number of hydrogen-bond acceptors (Lipinski definition) is 4. The lowest BCUT2D eigenvalue weighted by molar-refractivity contribution is 0.00939. The summed E-state index contributed by atoms with van der Waals surface area (Å²) in [7, 11) is 0. The number of aliphatic hydroxyl groups is 1. The summed E-state index contributed by atoms with van der Waals surface area (Å²) in [6.45, 7) is 3.88. The smallest absolute Gasteiger partial charge is 0.410 e. The van der Waals surface area contributed by atoms with Crippen molar-refractivity contribution in [3.63, 3.8) is 0 Å². The van der Waals surface area contributed by atoms with Gasteiger partial charge in [0.15, 0.2) is 0 Å². The van der Waals surface area contributed by atoms with Gasteiger partial charge in [-0.3, -0.25) is 4.90 Å². The maximum atomic E-state index is 12.2. The van der Waals surface area contributed by atoms with Crippen LogP contribution < -0.4 is 0 Å². The van der Waals surface area contributed by atoms with Crippen LogP contribution in [0.5, 0.6) is 0 Å². The molecule has 2 aliphatic heterocycles. The van der Waals surface area contributed by atoms with Crippen LogP contribution in [0, 0.1) is 5.92 Å². The Morgan fingerprint density at radius 2 is 2.00 bits per heavy atom. The van der Waals surface area contributed by atoms with E-state index in [1.807, 2.05) is 35.2 Å². The number of nitrogens with zero attached hydrogens (tertiary/aromatic N) is 2. The second-order valence-electron chi connectivity index (χ2n) is 6.26. The number of carbonyl (C=O) groups excluding carboxylic acids is 1. The molecular formula is C17H24N2O3. The molecule has 3 rings (SSSR count). The lowest BCUT2D eigenvalue weighted by Crippen LogP contribution is -2.57. The van der Waals surface area contributed by atoms with E-state index >= 15 is 0 Å². The number of aliphatic hydroxyl groups excluding tert-OH is 1. The quantitative estimate of drug-likeness (QED) is 0.924. The topological polar surface area (TPSA) is 53.0 Å². The molecule has 5 nitrogen and oxygen atoms in total. The third-order valence-electron chi connectivity index (χ3n) is 4.73. The Kier molecular flexibility index (Phi) is 4.95. The Hall–Kier alpha value is -1.59. The first-order valence-electron chi connectivity index (χ1n) is 8.07. The molecule has 1 N–H and O–H groups in total. The second-order valence-corrected chi connectivity index (χ2v) is 6.26. The molecule has 2 fully saturated rings. The van der Waals surface area contributed by atoms with Gasteiger partial charge in [0.1, 0.15) is 6.61 Å². The minimum Gasteiger partial charge on any atom is -0.445 e. The summed E-state index contributed by atoms with van der Waals surface area (Å²) in [5.74, 6) is 0.396. The highest BCUT2D eigenvalue weighted by atomic mass is 16.6. The monoisotopic (exact) mass is 304 g/mol. The van der Waals surface area contributed by atoms with Gasteiger partial charge in [0, 0.05) is 38.8 Å². The molecule has 2 saturated heterocycles. The van der Waals surface area contributed by atoms with Crippen LogP contribution in [0.25, 0.3) is 0 Å². The predicted molar refractivity (Wildman–Crippen MR) is 83.4 cm³/mol. The largest absolute Gasteiger partial charge is 0.445 e. The Morgan fingerprint density at radius 3 is 2.77 bits per heavy atom. The fraction of sp³-hybridized carbons (Fsp3) is 0.588. The van der Waals surface area contributed by atoms with Crippen LogP contribution in [0.4, 0.5) is 4.79 Å². The Bertz CT molecular complexity index is 494. The molecule has 1 aromatic carbocycles. The summed E-state index contributed by atoms with van der Waals surface area (Å²) in [4.78, 5) is 16.4. The zero-order chi connectivity index (χ0) is 15.4. The summed E-state index contributed by atoms with van der Waals surface area (Å²) < 4.78 is 5.42. The van der Waals surface area contributed by atoms with E-state index in [1.165, 1.54) is 0 Å². The van der Waals surface area contributed by atoms with Crippen molar-refractivity contribution >= 4 is 6.09 Å². The van der Waals surface area contributed by atoms with Gasteiger partial charge < -0.3 is 14.7 Å². The van der Waals surface area contributed by atoms with Crippen molar-refractivity contribution in [1.82, 2.24) is 9.80 Å². The van der Waals surface area contributed by atoms with Crippen LogP contribution in [0.15, 0.2) is 30.3 Å². The maximum absolute atomic E-state index is 12.2. The summed E-state index contributed by atoms with van der Waals surface area (Å²) in [5, 5.41) is 9.29. The Balaban J connectivity index is 1.48. The highest BCUT2D eigenvalue weighted by molar-refractivity contribution is 5.67. The van der Waals surface area contributed by atoms with Gasteiger partial charge in [-0.05, 0) is 24.3 Å². The summed E-state index contributed by atoms with van der Waals surface area (Å²) in [5.41, 5.74) is 1.01. The van der Waals surface area contributed by atoms with E-state index in [0.717, 1.165) is 38.0 Å². The average molecular weight is 304 g/mol. The minimum absolute atomic E-state index is 0.215. The number of rotatable bonds is 3. The molecule has 1 aromatic rings. The number of carbonyl (C=O) groups is 1. The van der Waals surface area contributed by atoms with Gasteiger partial charge in [-0.1, -0.05) is 30.3 Å². The Labute approximate surface area is 131 Å². The number of benzene rings is 1. The summed E-state index contributed by atoms with van der Waals surface area (Å²) in [6, 6.07) is 10.2. The molecule has 1 amide bonds. The van der Waals surface area contributed by atoms with Crippen LogP contribution in [0.2, 0.25) is 0 Å². The van der Waals surface area contributed by atoms with E-state index < -0.39 is 0 Å². The number of hydrogen-bond donors (Lipinski definition) is 1. The molecule has 0 radical (unpaired) electrons. The van der Waals surface area contributed by atoms with Crippen molar-refractivity contribution in [3.05, 3.63) is 35.9 Å². The van der Waals surface area contributed by atoms with E-state index in [0.29, 0.717) is 25.1 Å². The molecule has 0 aromatic heterocycles. The van der Waals surface area contributed by atoms with E-state index in [2.05, 4.69) is 4.90 Å². The van der Waals surface area contributed by atoms with Crippen LogP contribution >= 0.6 is 0 Å². The van der Waals surface area contributed by atoms with Gasteiger partial charge in [0.25, 0.3) is 0 Å². The van der Waals surface area contributed by atoms with E-state index in [9.17, 15) is 9.90 Å². The van der Waals surface area contributed by atoms with Gasteiger partial charge in [-0.15, -0.1) is 0 Å². The predicted octanol–water partition coefficient (Wildman–Crippen LogP) is 1.71. The molecule has 2 aliphatic rings. The van der Waals surface area contributed by atoms with Crippen LogP contribution in [-0.2, 0) is 11.3 Å². The summed E-state index contributed by atoms with van der Waals surface area (Å²) >= 11 is 0. The lowest BCUT2D eigenvalue weighted by Gasteiger charge is -2.45. The van der Waals surface area contributed by atoms with Crippen molar-refractivity contribution in [1.29, 1.82) is 0 Å². The van der Waals surface area contributed by atoms with Crippen LogP contribution in [0.1, 0.15) is 18.4 Å². The molecule has 0 aliphatic carbocycles. The van der Waals surface area contributed by atoms with Gasteiger partial charge >= 0.3 is 6.09 Å². The molecule has 120 valence electrons. The molecular weight excluding hydrogens is 280 g/mol. The standard InChI is InChI=1S/C17H24N2O3/c20-12-15-6-7-16-11-19(9-8-18(16)10-15)17(21)22-13-14-4-2-1-3-5-14/h1-5,15-16,20H,6-13H2/t15-,16-/m0/s1. The highest BCUT2D eigenvalue weighted by Gasteiger charge is 2.34. The normalized spacial score (nSPS) is 25.6. The molecule has 22 heavy (non-hydrogen) atoms. The van der Waals surface area contributed by atoms with Crippen molar-refractivity contribution < 1.29 is 14.6 Å². The first kappa shape index (κ1) is 15.3. The van der Waals surface area contributed by atoms with Gasteiger partial charge in [-0.2, -0.15) is 0 Å². The number of ether oxygens (including phenoxy) is 1. The van der Waals surface area contributed by atoms with Gasteiger partial charge in [-0.25, -0.2) is 4.79 Å². The molecule has 0 spiro atoms. The van der Waals surface area contributed by atoms with Crippen molar-refractivity contribution in [2.75, 3.05) is 32.8 Å². The molecule has 0 saturated carbocycles. The molecule has 0 bridgehead atoms. The zero-order valence-corrected chi connectivity index (χ0v) is 12.9. The third kappa shape index (κ3) is 3.59. The lowest BCUT2D eigenvalue weighted by atomic mass is 9.92. The number of piperazine rings is 1. The third-order valence-corrected chi connectivity index (χ3v) is 4.73. The first-order chi connectivity index (χ1) is 10.8. The fourth-order valence-corrected chi connectivity index (χ4v) is 3.38. The van der Waals surface area contributed by atoms with Crippen LogP contribution in [0.3, 0.4) is 0 Å². The van der Waals surface area contributed by atoms with E-state index in [-0.39, 0.29) is 12.7 Å². The number of piperidine rings is 1. The Morgan fingerprint density at radius 1 is 1.18 bits per heavy atom. The van der Waals surface area contributed by atoms with E-state index in [4.69, 9.17) is 4.74 Å². The summed E-state index contributed by atoms with van der Waals surface area (Å²) in [6.07, 6.45) is 1.88. The van der Waals surface area contributed by atoms with E-state index in [1.54, 1.807) is 0 Å². The van der Waals surface area contributed by atoms with Crippen LogP contribution in [-0.4, -0.2) is 59.8 Å². The minimum atomic E-state index is -0.215. The fourth-order valence-electron chi connectivity index (χ4n) is 3.38. The number of fused-ring (bicyclic) bond motifs is 1. The van der Waals surface area contributed by atoms with Gasteiger partial charge in [0.05, 0.1) is 0 Å². The molecule has 2 atom stereocenters. The van der Waals surface area contributed by atoms with Crippen molar-refractivity contribution in [2.24, 2.45) is 5.92 Å². The van der Waals surface area contributed by atoms with Gasteiger partial charge in [0.2, 0.25) is 0 Å². The second kappa shape index (κ2) is 7.11. The zero-order valence-electron chi connectivity index (χ0n) is 12.9. The molecule has 0 unspecified atom stereocenters. The maximum Gasteiger partial charge on any atom is 0.410 e. The first-order valence-corrected chi connectivity index (χ1v) is 8.07. The van der Waals surface area contributed by atoms with Crippen molar-refractivity contribution in [3.8, 4) is 0 Å².